The second-order valence-corrected chi connectivity index (χ2v) is 5.98. The Balaban J connectivity index is 1.54. The van der Waals surface area contributed by atoms with Crippen LogP contribution in [0, 0.1) is 0 Å². The van der Waals surface area contributed by atoms with E-state index in [1.54, 1.807) is 24.3 Å². The number of nitrogens with one attached hydrogen (secondary N) is 1. The molecule has 0 fully saturated rings. The van der Waals surface area contributed by atoms with Gasteiger partial charge in [0.05, 0.1) is 0 Å². The summed E-state index contributed by atoms with van der Waals surface area (Å²) >= 11 is 6.09. The minimum Gasteiger partial charge on any atom is -0.489 e. The van der Waals surface area contributed by atoms with Crippen molar-refractivity contribution in [3.63, 3.8) is 0 Å². The Labute approximate surface area is 152 Å². The lowest BCUT2D eigenvalue weighted by molar-refractivity contribution is 0.0951. The summed E-state index contributed by atoms with van der Waals surface area (Å²) in [5.74, 6) is 0.584. The lowest BCUT2D eigenvalue weighted by Gasteiger charge is -2.09. The highest BCUT2D eigenvalue weighted by Crippen LogP contribution is 2.16. The summed E-state index contributed by atoms with van der Waals surface area (Å²) in [4.78, 5) is 12.2. The van der Waals surface area contributed by atoms with Gasteiger partial charge in [-0.1, -0.05) is 60.1 Å². The summed E-state index contributed by atoms with van der Waals surface area (Å²) in [6.07, 6.45) is 0. The van der Waals surface area contributed by atoms with Crippen LogP contribution in [-0.2, 0) is 13.2 Å². The molecular weight excluding hydrogens is 334 g/mol. The largest absolute Gasteiger partial charge is 0.489 e. The molecule has 0 aliphatic carbocycles. The smallest absolute Gasteiger partial charge is 0.251 e. The lowest BCUT2D eigenvalue weighted by Crippen LogP contribution is -2.22. The van der Waals surface area contributed by atoms with Gasteiger partial charge in [0.15, 0.2) is 0 Å². The third-order valence-electron chi connectivity index (χ3n) is 3.76. The molecule has 0 atom stereocenters. The molecule has 126 valence electrons. The quantitative estimate of drug-likeness (QED) is 0.689. The Bertz CT molecular complexity index is 832. The fourth-order valence-electron chi connectivity index (χ4n) is 2.36. The number of carbonyl (C=O) groups excluding carboxylic acids is 1. The van der Waals surface area contributed by atoms with Crippen LogP contribution in [0.5, 0.6) is 5.75 Å². The van der Waals surface area contributed by atoms with E-state index in [2.05, 4.69) is 5.32 Å². The second-order valence-electron chi connectivity index (χ2n) is 5.57. The summed E-state index contributed by atoms with van der Waals surface area (Å²) in [7, 11) is 0. The Morgan fingerprint density at radius 1 is 0.880 bits per heavy atom. The van der Waals surface area contributed by atoms with Gasteiger partial charge in [-0.15, -0.1) is 0 Å². The van der Waals surface area contributed by atoms with Gasteiger partial charge < -0.3 is 10.1 Å². The van der Waals surface area contributed by atoms with Crippen LogP contribution < -0.4 is 10.1 Å². The van der Waals surface area contributed by atoms with Crippen molar-refractivity contribution in [3.8, 4) is 5.75 Å². The zero-order chi connectivity index (χ0) is 17.5. The van der Waals surface area contributed by atoms with E-state index < -0.39 is 0 Å². The van der Waals surface area contributed by atoms with Crippen molar-refractivity contribution in [3.05, 3.63) is 101 Å². The van der Waals surface area contributed by atoms with E-state index in [9.17, 15) is 4.79 Å². The first-order chi connectivity index (χ1) is 12.2. The molecule has 0 saturated carbocycles. The first kappa shape index (κ1) is 17.1. The molecule has 3 aromatic carbocycles. The van der Waals surface area contributed by atoms with Crippen LogP contribution in [-0.4, -0.2) is 5.91 Å². The van der Waals surface area contributed by atoms with Crippen LogP contribution in [0.2, 0.25) is 5.02 Å². The average molecular weight is 352 g/mol. The van der Waals surface area contributed by atoms with Crippen LogP contribution in [0.3, 0.4) is 0 Å². The predicted octanol–water partition coefficient (Wildman–Crippen LogP) is 4.85. The zero-order valence-corrected chi connectivity index (χ0v) is 14.4. The maximum atomic E-state index is 12.2. The molecule has 3 nitrogen and oxygen atoms in total. The van der Waals surface area contributed by atoms with E-state index >= 15 is 0 Å². The topological polar surface area (TPSA) is 38.3 Å². The van der Waals surface area contributed by atoms with Gasteiger partial charge in [-0.3, -0.25) is 4.79 Å². The molecule has 0 radical (unpaired) electrons. The van der Waals surface area contributed by atoms with Gasteiger partial charge >= 0.3 is 0 Å². The lowest BCUT2D eigenvalue weighted by atomic mass is 10.2. The third kappa shape index (κ3) is 4.85. The number of benzene rings is 3. The number of halogens is 1. The maximum absolute atomic E-state index is 12.2. The third-order valence-corrected chi connectivity index (χ3v) is 4.13. The van der Waals surface area contributed by atoms with Crippen molar-refractivity contribution in [2.45, 2.75) is 13.2 Å². The van der Waals surface area contributed by atoms with E-state index in [0.717, 1.165) is 16.9 Å². The van der Waals surface area contributed by atoms with Crippen LogP contribution in [0.15, 0.2) is 78.9 Å². The number of carbonyl (C=O) groups is 1. The van der Waals surface area contributed by atoms with Gasteiger partial charge in [-0.2, -0.15) is 0 Å². The van der Waals surface area contributed by atoms with Gasteiger partial charge in [0, 0.05) is 17.1 Å². The standard InChI is InChI=1S/C21H18ClNO2/c22-20-9-5-4-8-18(20)14-23-21(24)17-10-12-19(13-11-17)25-15-16-6-2-1-3-7-16/h1-13H,14-15H2,(H,23,24). The number of hydrogen-bond donors (Lipinski definition) is 1. The van der Waals surface area contributed by atoms with Crippen molar-refractivity contribution >= 4 is 17.5 Å². The molecule has 0 spiro atoms. The van der Waals surface area contributed by atoms with E-state index in [-0.39, 0.29) is 5.91 Å². The van der Waals surface area contributed by atoms with Gasteiger partial charge in [0.25, 0.3) is 5.91 Å². The summed E-state index contributed by atoms with van der Waals surface area (Å²) < 4.78 is 5.72. The summed E-state index contributed by atoms with van der Waals surface area (Å²) in [6.45, 7) is 0.893. The highest BCUT2D eigenvalue weighted by atomic mass is 35.5. The van der Waals surface area contributed by atoms with E-state index in [1.807, 2.05) is 54.6 Å². The van der Waals surface area contributed by atoms with Crippen molar-refractivity contribution in [2.75, 3.05) is 0 Å². The number of ether oxygens (including phenoxy) is 1. The molecule has 3 aromatic rings. The number of hydrogen-bond acceptors (Lipinski definition) is 2. The molecule has 1 amide bonds. The second kappa shape index (κ2) is 8.36. The molecule has 1 N–H and O–H groups in total. The van der Waals surface area contributed by atoms with Gasteiger partial charge in [0.2, 0.25) is 0 Å². The SMILES string of the molecule is O=C(NCc1ccccc1Cl)c1ccc(OCc2ccccc2)cc1. The zero-order valence-electron chi connectivity index (χ0n) is 13.6. The van der Waals surface area contributed by atoms with E-state index in [4.69, 9.17) is 16.3 Å². The van der Waals surface area contributed by atoms with E-state index in [1.165, 1.54) is 0 Å². The Morgan fingerprint density at radius 3 is 2.28 bits per heavy atom. The van der Waals surface area contributed by atoms with Crippen molar-refractivity contribution in [1.29, 1.82) is 0 Å². The molecule has 25 heavy (non-hydrogen) atoms. The van der Waals surface area contributed by atoms with Crippen LogP contribution in [0.25, 0.3) is 0 Å². The van der Waals surface area contributed by atoms with Gasteiger partial charge in [-0.05, 0) is 41.5 Å². The molecule has 0 aromatic heterocycles. The molecule has 0 aliphatic rings. The molecule has 0 heterocycles. The molecule has 3 rings (SSSR count). The Hall–Kier alpha value is -2.78. The van der Waals surface area contributed by atoms with E-state index in [0.29, 0.717) is 23.7 Å². The fourth-order valence-corrected chi connectivity index (χ4v) is 2.57. The average Bonchev–Trinajstić information content (AvgIpc) is 2.67. The van der Waals surface area contributed by atoms with Crippen molar-refractivity contribution < 1.29 is 9.53 Å². The van der Waals surface area contributed by atoms with Crippen molar-refractivity contribution in [2.24, 2.45) is 0 Å². The minimum atomic E-state index is -0.144. The minimum absolute atomic E-state index is 0.144. The highest BCUT2D eigenvalue weighted by Gasteiger charge is 2.07. The normalized spacial score (nSPS) is 10.3. The number of amides is 1. The number of rotatable bonds is 6. The van der Waals surface area contributed by atoms with Gasteiger partial charge in [0.1, 0.15) is 12.4 Å². The van der Waals surface area contributed by atoms with Crippen LogP contribution in [0.4, 0.5) is 0 Å². The molecule has 0 bridgehead atoms. The first-order valence-corrected chi connectivity index (χ1v) is 8.38. The molecule has 0 aliphatic heterocycles. The molecule has 4 heteroatoms. The molecule has 0 saturated heterocycles. The summed E-state index contributed by atoms with van der Waals surface area (Å²) in [6, 6.07) is 24.5. The highest BCUT2D eigenvalue weighted by molar-refractivity contribution is 6.31. The fraction of sp³-hybridized carbons (Fsp3) is 0.0952. The first-order valence-electron chi connectivity index (χ1n) is 8.01. The molecule has 0 unspecified atom stereocenters. The van der Waals surface area contributed by atoms with Gasteiger partial charge in [-0.25, -0.2) is 0 Å². The van der Waals surface area contributed by atoms with Crippen molar-refractivity contribution in [1.82, 2.24) is 5.32 Å². The monoisotopic (exact) mass is 351 g/mol. The Morgan fingerprint density at radius 2 is 1.56 bits per heavy atom. The Kier molecular flexibility index (Phi) is 5.70. The predicted molar refractivity (Wildman–Crippen MR) is 99.8 cm³/mol. The summed E-state index contributed by atoms with van der Waals surface area (Å²) in [5.41, 5.74) is 2.57. The molecular formula is C21H18ClNO2. The van der Waals surface area contributed by atoms with Crippen LogP contribution in [0.1, 0.15) is 21.5 Å². The van der Waals surface area contributed by atoms with Crippen LogP contribution >= 0.6 is 11.6 Å². The summed E-state index contributed by atoms with van der Waals surface area (Å²) in [5, 5.41) is 3.51. The maximum Gasteiger partial charge on any atom is 0.251 e.